The molecular weight excluding hydrogens is 254 g/mol. The van der Waals surface area contributed by atoms with Crippen LogP contribution in [0.4, 0.5) is 0 Å². The summed E-state index contributed by atoms with van der Waals surface area (Å²) in [5.74, 6) is 0.905. The number of phenolic OH excluding ortho intramolecular Hbond substituents is 1. The molecule has 0 saturated heterocycles. The fourth-order valence-corrected chi connectivity index (χ4v) is 2.04. The van der Waals surface area contributed by atoms with Crippen LogP contribution in [0, 0.1) is 0 Å². The van der Waals surface area contributed by atoms with Crippen LogP contribution in [0.15, 0.2) is 48.5 Å². The lowest BCUT2D eigenvalue weighted by Crippen LogP contribution is -2.24. The van der Waals surface area contributed by atoms with Gasteiger partial charge in [-0.15, -0.1) is 0 Å². The Bertz CT molecular complexity index is 543. The number of nitrogens with one attached hydrogen (secondary N) is 1. The molecule has 3 N–H and O–H groups in total. The second-order valence-corrected chi connectivity index (χ2v) is 4.52. The molecule has 0 bridgehead atoms. The van der Waals surface area contributed by atoms with Gasteiger partial charge in [0.15, 0.2) is 0 Å². The molecule has 0 spiro atoms. The van der Waals surface area contributed by atoms with Gasteiger partial charge >= 0.3 is 0 Å². The normalized spacial score (nSPS) is 12.1. The zero-order valence-electron chi connectivity index (χ0n) is 11.4. The summed E-state index contributed by atoms with van der Waals surface area (Å²) < 4.78 is 5.14. The molecule has 0 aliphatic rings. The average molecular weight is 273 g/mol. The van der Waals surface area contributed by atoms with Crippen LogP contribution in [-0.2, 0) is 6.54 Å². The Hall–Kier alpha value is -2.04. The third kappa shape index (κ3) is 3.50. The molecule has 2 rings (SSSR count). The summed E-state index contributed by atoms with van der Waals surface area (Å²) in [7, 11) is 1.59. The summed E-state index contributed by atoms with van der Waals surface area (Å²) in [5.41, 5.74) is 1.75. The molecule has 2 aromatic carbocycles. The van der Waals surface area contributed by atoms with Crippen molar-refractivity contribution >= 4 is 0 Å². The van der Waals surface area contributed by atoms with Gasteiger partial charge in [-0.1, -0.05) is 30.3 Å². The van der Waals surface area contributed by atoms with E-state index in [-0.39, 0.29) is 18.4 Å². The molecule has 4 nitrogen and oxygen atoms in total. The van der Waals surface area contributed by atoms with Crippen molar-refractivity contribution in [1.82, 2.24) is 5.32 Å². The highest BCUT2D eigenvalue weighted by Gasteiger charge is 2.11. The average Bonchev–Trinajstić information content (AvgIpc) is 2.50. The highest BCUT2D eigenvalue weighted by Crippen LogP contribution is 2.23. The molecule has 0 fully saturated rings. The van der Waals surface area contributed by atoms with Gasteiger partial charge in [0.25, 0.3) is 0 Å². The number of benzene rings is 2. The van der Waals surface area contributed by atoms with E-state index in [0.717, 1.165) is 11.1 Å². The number of rotatable bonds is 6. The van der Waals surface area contributed by atoms with E-state index in [4.69, 9.17) is 4.74 Å². The predicted molar refractivity (Wildman–Crippen MR) is 77.8 cm³/mol. The minimum atomic E-state index is -0.165. The predicted octanol–water partition coefficient (Wildman–Crippen LogP) is 2.22. The summed E-state index contributed by atoms with van der Waals surface area (Å²) in [6, 6.07) is 14.6. The van der Waals surface area contributed by atoms with Gasteiger partial charge < -0.3 is 20.3 Å². The first kappa shape index (κ1) is 14.4. The molecule has 0 unspecified atom stereocenters. The van der Waals surface area contributed by atoms with Crippen LogP contribution < -0.4 is 10.1 Å². The lowest BCUT2D eigenvalue weighted by atomic mass is 10.1. The zero-order valence-corrected chi connectivity index (χ0v) is 11.4. The highest BCUT2D eigenvalue weighted by atomic mass is 16.5. The van der Waals surface area contributed by atoms with Crippen molar-refractivity contribution in [2.24, 2.45) is 0 Å². The number of aliphatic hydroxyl groups is 1. The largest absolute Gasteiger partial charge is 0.508 e. The van der Waals surface area contributed by atoms with Gasteiger partial charge in [0.2, 0.25) is 0 Å². The van der Waals surface area contributed by atoms with Crippen molar-refractivity contribution in [3.63, 3.8) is 0 Å². The smallest absolute Gasteiger partial charge is 0.120 e. The Morgan fingerprint density at radius 3 is 2.55 bits per heavy atom. The summed E-state index contributed by atoms with van der Waals surface area (Å²) in [5, 5.41) is 22.5. The van der Waals surface area contributed by atoms with Crippen LogP contribution in [0.5, 0.6) is 11.5 Å². The molecule has 106 valence electrons. The Balaban J connectivity index is 2.07. The Labute approximate surface area is 118 Å². The number of hydrogen-bond donors (Lipinski definition) is 3. The van der Waals surface area contributed by atoms with Gasteiger partial charge in [0.05, 0.1) is 19.8 Å². The minimum absolute atomic E-state index is 0.00521. The van der Waals surface area contributed by atoms with Gasteiger partial charge in [-0.3, -0.25) is 0 Å². The maximum absolute atomic E-state index is 9.83. The number of aromatic hydroxyl groups is 1. The number of phenols is 1. The Morgan fingerprint density at radius 1 is 1.15 bits per heavy atom. The van der Waals surface area contributed by atoms with Gasteiger partial charge in [0, 0.05) is 12.1 Å². The van der Waals surface area contributed by atoms with E-state index in [9.17, 15) is 10.2 Å². The molecule has 0 aliphatic heterocycles. The monoisotopic (exact) mass is 273 g/mol. The number of methoxy groups -OCH3 is 1. The highest BCUT2D eigenvalue weighted by molar-refractivity contribution is 5.39. The lowest BCUT2D eigenvalue weighted by molar-refractivity contribution is 0.243. The van der Waals surface area contributed by atoms with Crippen molar-refractivity contribution in [3.8, 4) is 11.5 Å². The van der Waals surface area contributed by atoms with Crippen molar-refractivity contribution in [2.75, 3.05) is 13.7 Å². The van der Waals surface area contributed by atoms with E-state index in [1.165, 1.54) is 0 Å². The first-order chi connectivity index (χ1) is 9.74. The maximum atomic E-state index is 9.83. The van der Waals surface area contributed by atoms with E-state index in [1.807, 2.05) is 30.3 Å². The summed E-state index contributed by atoms with van der Waals surface area (Å²) in [6.07, 6.45) is 0. The quantitative estimate of drug-likeness (QED) is 0.755. The molecule has 2 aromatic rings. The molecule has 0 radical (unpaired) electrons. The topological polar surface area (TPSA) is 61.7 Å². The number of aliphatic hydroxyl groups excluding tert-OH is 1. The third-order valence-corrected chi connectivity index (χ3v) is 3.21. The van der Waals surface area contributed by atoms with Gasteiger partial charge in [-0.2, -0.15) is 0 Å². The third-order valence-electron chi connectivity index (χ3n) is 3.21. The van der Waals surface area contributed by atoms with E-state index >= 15 is 0 Å². The van der Waals surface area contributed by atoms with Gasteiger partial charge in [-0.25, -0.2) is 0 Å². The van der Waals surface area contributed by atoms with E-state index < -0.39 is 0 Å². The van der Waals surface area contributed by atoms with E-state index in [1.54, 1.807) is 25.3 Å². The van der Waals surface area contributed by atoms with Crippen molar-refractivity contribution in [3.05, 3.63) is 59.7 Å². The number of ether oxygens (including phenoxy) is 1. The molecule has 4 heteroatoms. The van der Waals surface area contributed by atoms with Gasteiger partial charge in [-0.05, 0) is 23.8 Å². The van der Waals surface area contributed by atoms with E-state index in [0.29, 0.717) is 12.3 Å². The summed E-state index contributed by atoms with van der Waals surface area (Å²) in [6.45, 7) is 0.442. The summed E-state index contributed by atoms with van der Waals surface area (Å²) >= 11 is 0. The standard InChI is InChI=1S/C16H19NO3/c1-20-14-7-8-16(19)13(9-14)10-17-15(11-18)12-5-3-2-4-6-12/h2-9,15,17-19H,10-11H2,1H3/t15-/m1/s1. The molecule has 0 heterocycles. The first-order valence-electron chi connectivity index (χ1n) is 6.49. The van der Waals surface area contributed by atoms with Crippen LogP contribution in [0.2, 0.25) is 0 Å². The molecule has 0 amide bonds. The zero-order chi connectivity index (χ0) is 14.4. The number of hydrogen-bond acceptors (Lipinski definition) is 4. The molecule has 0 aromatic heterocycles. The molecule has 20 heavy (non-hydrogen) atoms. The minimum Gasteiger partial charge on any atom is -0.508 e. The Kier molecular flexibility index (Phi) is 4.98. The second-order valence-electron chi connectivity index (χ2n) is 4.52. The molecule has 1 atom stereocenters. The fourth-order valence-electron chi connectivity index (χ4n) is 2.04. The van der Waals surface area contributed by atoms with Crippen molar-refractivity contribution < 1.29 is 14.9 Å². The molecule has 0 saturated carbocycles. The van der Waals surface area contributed by atoms with Crippen LogP contribution >= 0.6 is 0 Å². The maximum Gasteiger partial charge on any atom is 0.120 e. The van der Waals surface area contributed by atoms with Crippen LogP contribution in [0.25, 0.3) is 0 Å². The summed E-state index contributed by atoms with van der Waals surface area (Å²) in [4.78, 5) is 0. The first-order valence-corrected chi connectivity index (χ1v) is 6.49. The fraction of sp³-hybridized carbons (Fsp3) is 0.250. The SMILES string of the molecule is COc1ccc(O)c(CN[C@H](CO)c2ccccc2)c1. The van der Waals surface area contributed by atoms with Crippen LogP contribution in [-0.4, -0.2) is 23.9 Å². The molecular formula is C16H19NO3. The van der Waals surface area contributed by atoms with Crippen molar-refractivity contribution in [1.29, 1.82) is 0 Å². The van der Waals surface area contributed by atoms with Crippen molar-refractivity contribution in [2.45, 2.75) is 12.6 Å². The van der Waals surface area contributed by atoms with Gasteiger partial charge in [0.1, 0.15) is 11.5 Å². The Morgan fingerprint density at radius 2 is 1.90 bits per heavy atom. The lowest BCUT2D eigenvalue weighted by Gasteiger charge is -2.17. The second kappa shape index (κ2) is 6.93. The molecule has 0 aliphatic carbocycles. The van der Waals surface area contributed by atoms with Crippen LogP contribution in [0.1, 0.15) is 17.2 Å². The van der Waals surface area contributed by atoms with Crippen LogP contribution in [0.3, 0.4) is 0 Å². The van der Waals surface area contributed by atoms with E-state index in [2.05, 4.69) is 5.32 Å².